The summed E-state index contributed by atoms with van der Waals surface area (Å²) in [4.78, 5) is 36.2. The standard InChI is InChI=1S/C15H19NO5S/c1-8-7-11(15(20)21-2)13(22-8)16-12(17)9-5-3-4-6-10(9)14(18)19/h7,9-10H,3-6H2,1-2H3,(H,16,17)(H,18,19)/p-1/t9-,10+/m0/s1. The van der Waals surface area contributed by atoms with E-state index in [1.807, 2.05) is 6.92 Å². The van der Waals surface area contributed by atoms with Gasteiger partial charge in [0.2, 0.25) is 5.91 Å². The molecule has 120 valence electrons. The van der Waals surface area contributed by atoms with Crippen LogP contribution >= 0.6 is 11.3 Å². The van der Waals surface area contributed by atoms with Gasteiger partial charge in [-0.05, 0) is 25.8 Å². The first-order valence-corrected chi connectivity index (χ1v) is 7.96. The van der Waals surface area contributed by atoms with Crippen LogP contribution in [0.1, 0.15) is 40.9 Å². The number of rotatable bonds is 4. The second kappa shape index (κ2) is 6.91. The predicted octanol–water partition coefficient (Wildman–Crippen LogP) is 1.34. The number of amides is 1. The lowest BCUT2D eigenvalue weighted by atomic mass is 9.79. The lowest BCUT2D eigenvalue weighted by Crippen LogP contribution is -2.42. The van der Waals surface area contributed by atoms with E-state index in [9.17, 15) is 19.5 Å². The summed E-state index contributed by atoms with van der Waals surface area (Å²) in [7, 11) is 1.27. The summed E-state index contributed by atoms with van der Waals surface area (Å²) in [6.45, 7) is 1.82. The number of aryl methyl sites for hydroxylation is 1. The quantitative estimate of drug-likeness (QED) is 0.843. The van der Waals surface area contributed by atoms with Gasteiger partial charge in [0.05, 0.1) is 12.7 Å². The monoisotopic (exact) mass is 324 g/mol. The van der Waals surface area contributed by atoms with Crippen molar-refractivity contribution in [2.45, 2.75) is 32.6 Å². The molecule has 0 radical (unpaired) electrons. The van der Waals surface area contributed by atoms with Crippen LogP contribution in [0, 0.1) is 18.8 Å². The number of aliphatic carboxylic acids is 1. The summed E-state index contributed by atoms with van der Waals surface area (Å²) in [5, 5.41) is 14.3. The van der Waals surface area contributed by atoms with E-state index < -0.39 is 23.8 Å². The summed E-state index contributed by atoms with van der Waals surface area (Å²) >= 11 is 1.26. The number of carbonyl (C=O) groups is 3. The van der Waals surface area contributed by atoms with Crippen LogP contribution in [-0.2, 0) is 14.3 Å². The van der Waals surface area contributed by atoms with E-state index in [1.165, 1.54) is 18.4 Å². The summed E-state index contributed by atoms with van der Waals surface area (Å²) in [5.41, 5.74) is 0.291. The molecule has 7 heteroatoms. The number of hydrogen-bond donors (Lipinski definition) is 1. The molecule has 6 nitrogen and oxygen atoms in total. The molecule has 0 aliphatic heterocycles. The largest absolute Gasteiger partial charge is 0.550 e. The highest BCUT2D eigenvalue weighted by Crippen LogP contribution is 2.33. The third-order valence-corrected chi connectivity index (χ3v) is 4.87. The van der Waals surface area contributed by atoms with Crippen molar-refractivity contribution in [3.05, 3.63) is 16.5 Å². The van der Waals surface area contributed by atoms with Gasteiger partial charge in [0, 0.05) is 22.7 Å². The van der Waals surface area contributed by atoms with Crippen molar-refractivity contribution >= 4 is 34.2 Å². The zero-order valence-corrected chi connectivity index (χ0v) is 13.3. The maximum atomic E-state index is 12.4. The topological polar surface area (TPSA) is 95.5 Å². The van der Waals surface area contributed by atoms with Gasteiger partial charge in [0.1, 0.15) is 5.00 Å². The van der Waals surface area contributed by atoms with Crippen molar-refractivity contribution in [2.75, 3.05) is 12.4 Å². The number of carboxylic acids is 1. The molecule has 1 N–H and O–H groups in total. The molecule has 1 aliphatic rings. The van der Waals surface area contributed by atoms with Gasteiger partial charge < -0.3 is 20.0 Å². The van der Waals surface area contributed by atoms with Gasteiger partial charge in [-0.25, -0.2) is 4.79 Å². The molecule has 0 unspecified atom stereocenters. The first kappa shape index (κ1) is 16.5. The third-order valence-electron chi connectivity index (χ3n) is 3.90. The average molecular weight is 324 g/mol. The van der Waals surface area contributed by atoms with Crippen molar-refractivity contribution < 1.29 is 24.2 Å². The van der Waals surface area contributed by atoms with Gasteiger partial charge >= 0.3 is 5.97 Å². The van der Waals surface area contributed by atoms with E-state index >= 15 is 0 Å². The number of ether oxygens (including phenoxy) is 1. The van der Waals surface area contributed by atoms with Crippen LogP contribution < -0.4 is 10.4 Å². The van der Waals surface area contributed by atoms with Gasteiger partial charge in [-0.15, -0.1) is 11.3 Å². The molecule has 0 aromatic carbocycles. The second-order valence-corrected chi connectivity index (χ2v) is 6.65. The fourth-order valence-electron chi connectivity index (χ4n) is 2.80. The molecule has 0 saturated heterocycles. The Kier molecular flexibility index (Phi) is 5.18. The summed E-state index contributed by atoms with van der Waals surface area (Å²) < 4.78 is 4.69. The highest BCUT2D eigenvalue weighted by atomic mass is 32.1. The molecule has 22 heavy (non-hydrogen) atoms. The Bertz CT molecular complexity index is 595. The van der Waals surface area contributed by atoms with E-state index in [2.05, 4.69) is 10.1 Å². The molecular formula is C15H18NO5S-. The van der Waals surface area contributed by atoms with Crippen LogP contribution in [0.3, 0.4) is 0 Å². The van der Waals surface area contributed by atoms with Crippen LogP contribution in [0.15, 0.2) is 6.07 Å². The zero-order valence-electron chi connectivity index (χ0n) is 12.5. The Morgan fingerprint density at radius 3 is 2.50 bits per heavy atom. The molecule has 1 fully saturated rings. The van der Waals surface area contributed by atoms with E-state index in [4.69, 9.17) is 0 Å². The Labute approximate surface area is 132 Å². The maximum absolute atomic E-state index is 12.4. The lowest BCUT2D eigenvalue weighted by molar-refractivity contribution is -0.313. The van der Waals surface area contributed by atoms with E-state index in [1.54, 1.807) is 6.07 Å². The number of esters is 1. The smallest absolute Gasteiger partial charge is 0.340 e. The van der Waals surface area contributed by atoms with E-state index in [0.717, 1.165) is 17.7 Å². The Hall–Kier alpha value is -1.89. The first-order chi connectivity index (χ1) is 10.4. The normalized spacial score (nSPS) is 21.2. The van der Waals surface area contributed by atoms with Crippen molar-refractivity contribution in [1.82, 2.24) is 0 Å². The van der Waals surface area contributed by atoms with Crippen molar-refractivity contribution in [1.29, 1.82) is 0 Å². The fraction of sp³-hybridized carbons (Fsp3) is 0.533. The molecule has 1 aliphatic carbocycles. The van der Waals surface area contributed by atoms with Crippen LogP contribution in [0.4, 0.5) is 5.00 Å². The van der Waals surface area contributed by atoms with Crippen LogP contribution in [-0.4, -0.2) is 25.0 Å². The molecule has 1 aromatic heterocycles. The maximum Gasteiger partial charge on any atom is 0.340 e. The molecule has 0 bridgehead atoms. The Morgan fingerprint density at radius 1 is 1.27 bits per heavy atom. The van der Waals surface area contributed by atoms with Crippen molar-refractivity contribution in [3.63, 3.8) is 0 Å². The van der Waals surface area contributed by atoms with Gasteiger partial charge in [-0.2, -0.15) is 0 Å². The second-order valence-electron chi connectivity index (χ2n) is 5.40. The van der Waals surface area contributed by atoms with Gasteiger partial charge in [-0.3, -0.25) is 4.79 Å². The zero-order chi connectivity index (χ0) is 16.3. The number of nitrogens with one attached hydrogen (secondary N) is 1. The number of carbonyl (C=O) groups excluding carboxylic acids is 3. The van der Waals surface area contributed by atoms with E-state index in [0.29, 0.717) is 23.4 Å². The van der Waals surface area contributed by atoms with Crippen LogP contribution in [0.5, 0.6) is 0 Å². The SMILES string of the molecule is COC(=O)c1cc(C)sc1NC(=O)[C@H]1CCCC[C@H]1C(=O)[O-]. The molecular weight excluding hydrogens is 306 g/mol. The molecule has 2 rings (SSSR count). The summed E-state index contributed by atoms with van der Waals surface area (Å²) in [6, 6.07) is 1.64. The number of anilines is 1. The Morgan fingerprint density at radius 2 is 1.91 bits per heavy atom. The van der Waals surface area contributed by atoms with Crippen LogP contribution in [0.25, 0.3) is 0 Å². The highest BCUT2D eigenvalue weighted by molar-refractivity contribution is 7.16. The summed E-state index contributed by atoms with van der Waals surface area (Å²) in [6.07, 6.45) is 2.57. The highest BCUT2D eigenvalue weighted by Gasteiger charge is 2.32. The third kappa shape index (κ3) is 3.47. The minimum absolute atomic E-state index is 0.291. The van der Waals surface area contributed by atoms with Crippen molar-refractivity contribution in [3.8, 4) is 0 Å². The summed E-state index contributed by atoms with van der Waals surface area (Å²) in [5.74, 6) is -3.47. The minimum atomic E-state index is -1.18. The molecule has 2 atom stereocenters. The van der Waals surface area contributed by atoms with Gasteiger partial charge in [0.15, 0.2) is 0 Å². The first-order valence-electron chi connectivity index (χ1n) is 7.14. The van der Waals surface area contributed by atoms with Crippen molar-refractivity contribution in [2.24, 2.45) is 11.8 Å². The van der Waals surface area contributed by atoms with Gasteiger partial charge in [0.25, 0.3) is 0 Å². The molecule has 0 spiro atoms. The number of carboxylic acid groups (broad SMARTS) is 1. The lowest BCUT2D eigenvalue weighted by Gasteiger charge is -2.31. The molecule has 1 amide bonds. The number of thiophene rings is 1. The minimum Gasteiger partial charge on any atom is -0.550 e. The number of hydrogen-bond acceptors (Lipinski definition) is 6. The number of methoxy groups -OCH3 is 1. The fourth-order valence-corrected chi connectivity index (χ4v) is 3.70. The van der Waals surface area contributed by atoms with E-state index in [-0.39, 0.29) is 5.91 Å². The predicted molar refractivity (Wildman–Crippen MR) is 79.5 cm³/mol. The molecule has 1 heterocycles. The molecule has 1 aromatic rings. The molecule has 1 saturated carbocycles. The Balaban J connectivity index is 2.17. The van der Waals surface area contributed by atoms with Gasteiger partial charge in [-0.1, -0.05) is 12.8 Å². The van der Waals surface area contributed by atoms with Crippen LogP contribution in [0.2, 0.25) is 0 Å². The average Bonchev–Trinajstić information content (AvgIpc) is 2.86.